The maximum absolute atomic E-state index is 13.5. The number of methoxy groups -OCH3 is 1. The van der Waals surface area contributed by atoms with E-state index in [9.17, 15) is 18.0 Å². The summed E-state index contributed by atoms with van der Waals surface area (Å²) in [6.45, 7) is 4.62. The number of halogens is 3. The van der Waals surface area contributed by atoms with Gasteiger partial charge < -0.3 is 14.5 Å². The van der Waals surface area contributed by atoms with Crippen LogP contribution in [0, 0.1) is 22.7 Å². The number of benzene rings is 2. The molecule has 2 aromatic carbocycles. The lowest BCUT2D eigenvalue weighted by Gasteiger charge is -2.43. The number of piperidine rings is 1. The predicted molar refractivity (Wildman–Crippen MR) is 123 cm³/mol. The average Bonchev–Trinajstić information content (AvgIpc) is 3.21. The monoisotopic (exact) mass is 471 g/mol. The van der Waals surface area contributed by atoms with Crippen molar-refractivity contribution in [2.75, 3.05) is 44.8 Å². The molecule has 0 spiro atoms. The minimum atomic E-state index is -4.60. The van der Waals surface area contributed by atoms with Crippen molar-refractivity contribution < 1.29 is 22.7 Å². The predicted octanol–water partition coefficient (Wildman–Crippen LogP) is 4.75. The van der Waals surface area contributed by atoms with E-state index in [2.05, 4.69) is 6.92 Å². The number of ether oxygens (including phenoxy) is 1. The normalized spacial score (nSPS) is 22.4. The highest BCUT2D eigenvalue weighted by Crippen LogP contribution is 2.45. The van der Waals surface area contributed by atoms with Crippen LogP contribution in [0.1, 0.15) is 40.4 Å². The van der Waals surface area contributed by atoms with Gasteiger partial charge in [-0.05, 0) is 54.7 Å². The minimum absolute atomic E-state index is 0.0345. The molecule has 0 aromatic heterocycles. The van der Waals surface area contributed by atoms with E-state index >= 15 is 0 Å². The summed E-state index contributed by atoms with van der Waals surface area (Å²) in [7, 11) is 1.61. The first kappa shape index (κ1) is 24.1. The van der Waals surface area contributed by atoms with E-state index < -0.39 is 11.7 Å². The third-order valence-electron chi connectivity index (χ3n) is 7.19. The molecule has 0 radical (unpaired) electrons. The van der Waals surface area contributed by atoms with Crippen LogP contribution in [-0.2, 0) is 17.3 Å². The van der Waals surface area contributed by atoms with E-state index in [4.69, 9.17) is 10.00 Å². The topological polar surface area (TPSA) is 56.6 Å². The van der Waals surface area contributed by atoms with Crippen molar-refractivity contribution in [2.24, 2.45) is 11.3 Å². The summed E-state index contributed by atoms with van der Waals surface area (Å²) in [5.74, 6) is 0.150. The van der Waals surface area contributed by atoms with Gasteiger partial charge in [-0.3, -0.25) is 4.79 Å². The van der Waals surface area contributed by atoms with E-state index in [1.165, 1.54) is 6.07 Å². The fourth-order valence-corrected chi connectivity index (χ4v) is 5.37. The molecule has 2 fully saturated rings. The van der Waals surface area contributed by atoms with E-state index in [-0.39, 0.29) is 22.8 Å². The van der Waals surface area contributed by atoms with Gasteiger partial charge in [0.2, 0.25) is 0 Å². The summed E-state index contributed by atoms with van der Waals surface area (Å²) < 4.78 is 46.1. The second-order valence-corrected chi connectivity index (χ2v) is 9.28. The number of nitrogens with zero attached hydrogens (tertiary/aromatic N) is 3. The molecule has 0 aliphatic carbocycles. The Balaban J connectivity index is 1.58. The van der Waals surface area contributed by atoms with E-state index in [1.54, 1.807) is 19.2 Å². The van der Waals surface area contributed by atoms with Gasteiger partial charge in [-0.25, -0.2) is 0 Å². The molecule has 2 heterocycles. The molecule has 0 N–H and O–H groups in total. The number of rotatable bonds is 5. The molecule has 0 unspecified atom stereocenters. The van der Waals surface area contributed by atoms with Gasteiger partial charge in [-0.2, -0.15) is 18.4 Å². The number of fused-ring (bicyclic) bond motifs is 1. The standard InChI is InChI=1S/C26H28F3N3O2/c1-3-18-4-6-19(7-5-18)24(33)31-11-10-21-14-32(16-25(21,15-31)17-34-2)22-9-8-20(13-30)23(12-22)26(27,28)29/h4-9,12,21H,3,10-11,14-17H2,1-2H3/t21-,25+/m1/s1. The van der Waals surface area contributed by atoms with Crippen molar-refractivity contribution >= 4 is 11.6 Å². The van der Waals surface area contributed by atoms with Gasteiger partial charge in [0.1, 0.15) is 0 Å². The van der Waals surface area contributed by atoms with Crippen molar-refractivity contribution in [1.29, 1.82) is 5.26 Å². The summed E-state index contributed by atoms with van der Waals surface area (Å²) in [5.41, 5.74) is 0.557. The number of carbonyl (C=O) groups is 1. The number of hydrogen-bond acceptors (Lipinski definition) is 4. The van der Waals surface area contributed by atoms with Gasteiger partial charge in [0.05, 0.1) is 23.8 Å². The molecule has 8 heteroatoms. The second-order valence-electron chi connectivity index (χ2n) is 9.28. The lowest BCUT2D eigenvalue weighted by molar-refractivity contribution is -0.137. The number of carbonyl (C=O) groups excluding carboxylic acids is 1. The fraction of sp³-hybridized carbons (Fsp3) is 0.462. The second kappa shape index (κ2) is 9.30. The first-order chi connectivity index (χ1) is 16.2. The molecule has 4 rings (SSSR count). The smallest absolute Gasteiger partial charge is 0.384 e. The summed E-state index contributed by atoms with van der Waals surface area (Å²) in [6.07, 6.45) is -2.95. The largest absolute Gasteiger partial charge is 0.417 e. The van der Waals surface area contributed by atoms with Gasteiger partial charge in [0.25, 0.3) is 5.91 Å². The van der Waals surface area contributed by atoms with Crippen molar-refractivity contribution in [3.8, 4) is 6.07 Å². The zero-order valence-electron chi connectivity index (χ0n) is 19.4. The molecule has 2 atom stereocenters. The highest BCUT2D eigenvalue weighted by atomic mass is 19.4. The molecule has 2 aromatic rings. The van der Waals surface area contributed by atoms with Crippen LogP contribution < -0.4 is 4.90 Å². The molecule has 2 saturated heterocycles. The molecular weight excluding hydrogens is 443 g/mol. The van der Waals surface area contributed by atoms with Crippen molar-refractivity contribution in [2.45, 2.75) is 25.9 Å². The van der Waals surface area contributed by atoms with Gasteiger partial charge in [0, 0.05) is 50.0 Å². The quantitative estimate of drug-likeness (QED) is 0.631. The summed E-state index contributed by atoms with van der Waals surface area (Å²) >= 11 is 0. The summed E-state index contributed by atoms with van der Waals surface area (Å²) in [6, 6.07) is 13.1. The zero-order valence-corrected chi connectivity index (χ0v) is 19.4. The molecule has 2 aliphatic heterocycles. The van der Waals surface area contributed by atoms with E-state index in [0.717, 1.165) is 24.5 Å². The number of nitriles is 1. The zero-order chi connectivity index (χ0) is 24.5. The highest BCUT2D eigenvalue weighted by Gasteiger charge is 2.51. The van der Waals surface area contributed by atoms with Crippen LogP contribution in [0.25, 0.3) is 0 Å². The Hall–Kier alpha value is -3.05. The van der Waals surface area contributed by atoms with Crippen LogP contribution in [0.2, 0.25) is 0 Å². The maximum Gasteiger partial charge on any atom is 0.417 e. The van der Waals surface area contributed by atoms with Crippen LogP contribution in [0.15, 0.2) is 42.5 Å². The molecule has 2 aliphatic rings. The summed E-state index contributed by atoms with van der Waals surface area (Å²) in [5, 5.41) is 9.10. The Bertz CT molecular complexity index is 1090. The Morgan fingerprint density at radius 1 is 1.21 bits per heavy atom. The average molecular weight is 472 g/mol. The number of amides is 1. The van der Waals surface area contributed by atoms with Crippen molar-refractivity contribution in [1.82, 2.24) is 4.90 Å². The van der Waals surface area contributed by atoms with Gasteiger partial charge in [-0.1, -0.05) is 19.1 Å². The van der Waals surface area contributed by atoms with Gasteiger partial charge in [0.15, 0.2) is 0 Å². The third-order valence-corrected chi connectivity index (χ3v) is 7.19. The SMILES string of the molecule is CCc1ccc(C(=O)N2CC[C@@H]3CN(c4ccc(C#N)c(C(F)(F)F)c4)C[C@]3(COC)C2)cc1. The minimum Gasteiger partial charge on any atom is -0.384 e. The van der Waals surface area contributed by atoms with Crippen LogP contribution in [0.5, 0.6) is 0 Å². The van der Waals surface area contributed by atoms with Crippen LogP contribution >= 0.6 is 0 Å². The molecular formula is C26H28F3N3O2. The van der Waals surface area contributed by atoms with Crippen LogP contribution in [0.3, 0.4) is 0 Å². The van der Waals surface area contributed by atoms with Gasteiger partial charge >= 0.3 is 6.18 Å². The number of likely N-dealkylation sites (tertiary alicyclic amines) is 1. The molecule has 34 heavy (non-hydrogen) atoms. The van der Waals surface area contributed by atoms with E-state index in [1.807, 2.05) is 34.1 Å². The maximum atomic E-state index is 13.5. The molecule has 1 amide bonds. The number of aryl methyl sites for hydroxylation is 1. The Morgan fingerprint density at radius 3 is 2.56 bits per heavy atom. The van der Waals surface area contributed by atoms with Crippen molar-refractivity contribution in [3.05, 3.63) is 64.7 Å². The first-order valence-corrected chi connectivity index (χ1v) is 11.4. The molecule has 0 bridgehead atoms. The summed E-state index contributed by atoms with van der Waals surface area (Å²) in [4.78, 5) is 17.0. The first-order valence-electron chi connectivity index (χ1n) is 11.4. The molecule has 180 valence electrons. The van der Waals surface area contributed by atoms with Crippen molar-refractivity contribution in [3.63, 3.8) is 0 Å². The third kappa shape index (κ3) is 4.49. The van der Waals surface area contributed by atoms with Crippen LogP contribution in [-0.4, -0.2) is 50.7 Å². The Kier molecular flexibility index (Phi) is 6.59. The lowest BCUT2D eigenvalue weighted by Crippen LogP contribution is -2.53. The number of anilines is 1. The number of alkyl halides is 3. The number of hydrogen-bond donors (Lipinski definition) is 0. The molecule has 0 saturated carbocycles. The highest BCUT2D eigenvalue weighted by molar-refractivity contribution is 5.94. The Morgan fingerprint density at radius 2 is 1.94 bits per heavy atom. The fourth-order valence-electron chi connectivity index (χ4n) is 5.37. The van der Waals surface area contributed by atoms with Gasteiger partial charge in [-0.15, -0.1) is 0 Å². The molecule has 5 nitrogen and oxygen atoms in total. The lowest BCUT2D eigenvalue weighted by atomic mass is 9.73. The Labute approximate surface area is 197 Å². The van der Waals surface area contributed by atoms with Crippen LogP contribution in [0.4, 0.5) is 18.9 Å². The van der Waals surface area contributed by atoms with E-state index in [0.29, 0.717) is 44.0 Å².